The number of benzene rings is 6. The van der Waals surface area contributed by atoms with Gasteiger partial charge < -0.3 is 20.1 Å². The van der Waals surface area contributed by atoms with Crippen molar-refractivity contribution in [3.63, 3.8) is 0 Å². The maximum Gasteiger partial charge on any atom is 0.215 e. The van der Waals surface area contributed by atoms with E-state index in [4.69, 9.17) is 24.8 Å². The molecule has 0 saturated heterocycles. The standard InChI is InChI=1S/C58H50N6O4/c65-57(48-23-7-9-25-55(48)67-35-17-15-33-63-29-11-1-12-30-63)47-41-60-52-38-44-20-4-3-19-43(44)37-51(52)59-28-27-50(62-54-40-46-22-6-5-21-45(46)39-53(54)61-42-47)58(66)49-24-8-10-26-56(49)68-36-18-16-34-64-31-13-2-14-32-64/h1-14,19-32,37-42H,15-18,33-36H2/p+1. The molecular formula is C58H51N6O4+. The molecule has 8 aromatic rings. The molecule has 0 radical (unpaired) electrons. The summed E-state index contributed by atoms with van der Waals surface area (Å²) in [7, 11) is 0. The zero-order chi connectivity index (χ0) is 46.3. The zero-order valence-corrected chi connectivity index (χ0v) is 37.7. The van der Waals surface area contributed by atoms with Crippen molar-refractivity contribution in [2.75, 3.05) is 18.5 Å². The number of aromatic nitrogens is 2. The van der Waals surface area contributed by atoms with Gasteiger partial charge in [-0.2, -0.15) is 6.20 Å². The van der Waals surface area contributed by atoms with Crippen molar-refractivity contribution < 1.29 is 28.2 Å². The number of pyridine rings is 2. The van der Waals surface area contributed by atoms with Crippen LogP contribution < -0.4 is 23.9 Å². The molecule has 0 bridgehead atoms. The summed E-state index contributed by atoms with van der Waals surface area (Å²) in [5.74, 6) is 0.312. The Morgan fingerprint density at radius 1 is 0.544 bits per heavy atom. The van der Waals surface area contributed by atoms with Gasteiger partial charge in [0.15, 0.2) is 30.6 Å². The summed E-state index contributed by atoms with van der Waals surface area (Å²) < 4.78 is 16.9. The van der Waals surface area contributed by atoms with E-state index in [0.717, 1.165) is 60.3 Å². The van der Waals surface area contributed by atoms with Gasteiger partial charge in [-0.3, -0.25) is 14.6 Å². The molecule has 1 aliphatic rings. The second-order valence-electron chi connectivity index (χ2n) is 16.3. The molecule has 336 valence electrons. The largest absolute Gasteiger partial charge is 0.662 e. The summed E-state index contributed by atoms with van der Waals surface area (Å²) in [6, 6.07) is 50.3. The Hall–Kier alpha value is -8.50. The maximum atomic E-state index is 14.8. The van der Waals surface area contributed by atoms with E-state index < -0.39 is 0 Å². The van der Waals surface area contributed by atoms with Crippen LogP contribution in [-0.4, -0.2) is 36.7 Å². The Bertz CT molecular complexity index is 3180. The van der Waals surface area contributed by atoms with Crippen LogP contribution >= 0.6 is 0 Å². The van der Waals surface area contributed by atoms with Gasteiger partial charge in [-0.25, -0.2) is 14.1 Å². The average molecular weight is 896 g/mol. The number of allylic oxidation sites excluding steroid dienone is 2. The number of para-hydroxylation sites is 2. The fourth-order valence-corrected chi connectivity index (χ4v) is 7.97. The van der Waals surface area contributed by atoms with Crippen molar-refractivity contribution >= 4 is 67.8 Å². The third-order valence-electron chi connectivity index (χ3n) is 11.6. The summed E-state index contributed by atoms with van der Waals surface area (Å²) in [5.41, 5.74) is 3.27. The number of carbonyl (C=O) groups excluding carboxylic acids is 2. The number of nitrogens with zero attached hydrogens (tertiary/aromatic N) is 5. The third kappa shape index (κ3) is 11.3. The number of aliphatic imine (C=N–C) groups is 2. The molecular weight excluding hydrogens is 845 g/mol. The summed E-state index contributed by atoms with van der Waals surface area (Å²) in [5, 5.41) is 12.1. The smallest absolute Gasteiger partial charge is 0.215 e. The summed E-state index contributed by atoms with van der Waals surface area (Å²) >= 11 is 0. The van der Waals surface area contributed by atoms with Crippen molar-refractivity contribution in [1.82, 2.24) is 0 Å². The highest BCUT2D eigenvalue weighted by molar-refractivity contribution is 6.50. The molecule has 0 spiro atoms. The van der Waals surface area contributed by atoms with Crippen molar-refractivity contribution in [3.8, 4) is 11.5 Å². The van der Waals surface area contributed by atoms with Crippen LogP contribution in [0.5, 0.6) is 11.5 Å². The minimum absolute atomic E-state index is 0.150. The number of fused-ring (bicyclic) bond motifs is 4. The zero-order valence-electron chi connectivity index (χ0n) is 37.7. The lowest BCUT2D eigenvalue weighted by Crippen LogP contribution is -2.32. The lowest BCUT2D eigenvalue weighted by molar-refractivity contribution is -0.697. The Morgan fingerprint density at radius 2 is 1.06 bits per heavy atom. The van der Waals surface area contributed by atoms with E-state index in [1.165, 1.54) is 6.21 Å². The first-order chi connectivity index (χ1) is 33.6. The minimum atomic E-state index is -0.330. The molecule has 0 aliphatic carbocycles. The molecule has 1 N–H and O–H groups in total. The highest BCUT2D eigenvalue weighted by Crippen LogP contribution is 2.37. The van der Waals surface area contributed by atoms with Gasteiger partial charge >= 0.3 is 0 Å². The van der Waals surface area contributed by atoms with Gasteiger partial charge in [0.2, 0.25) is 5.78 Å². The van der Waals surface area contributed by atoms with Crippen LogP contribution in [0.3, 0.4) is 0 Å². The van der Waals surface area contributed by atoms with E-state index in [1.807, 2.05) is 170 Å². The number of hydrogen-bond donors (Lipinski definition) is 1. The maximum absolute atomic E-state index is 14.8. The van der Waals surface area contributed by atoms with Crippen molar-refractivity contribution in [1.29, 1.82) is 0 Å². The number of ketones is 2. The number of anilines is 1. The average Bonchev–Trinajstić information content (AvgIpc) is 3.38. The Morgan fingerprint density at radius 3 is 1.66 bits per heavy atom. The highest BCUT2D eigenvalue weighted by atomic mass is 16.5. The Kier molecular flexibility index (Phi) is 14.5. The molecule has 6 aromatic carbocycles. The molecule has 0 saturated carbocycles. The number of hydrogen-bond acceptors (Lipinski definition) is 7. The topological polar surface area (TPSA) is 111 Å². The number of carbonyl (C=O) groups is 2. The second-order valence-corrected chi connectivity index (χ2v) is 16.3. The van der Waals surface area contributed by atoms with Gasteiger partial charge in [0.05, 0.1) is 35.7 Å². The summed E-state index contributed by atoms with van der Waals surface area (Å²) in [6.07, 6.45) is 18.1. The van der Waals surface area contributed by atoms with Gasteiger partial charge in [-0.15, -0.1) is 5.69 Å². The molecule has 0 fully saturated rings. The molecule has 3 heterocycles. The lowest BCUT2D eigenvalue weighted by atomic mass is 10.0. The molecule has 0 amide bonds. The third-order valence-corrected chi connectivity index (χ3v) is 11.6. The number of Topliss-reactive ketones (excluding diaryl/α,β-unsaturated/α-hetero) is 2. The number of unbranched alkanes of at least 4 members (excludes halogenated alkanes) is 2. The SMILES string of the molecule is O=C(C1=C[N-]c2cc3ccccc3cc2NC=CC(C(=O)c2ccccc2OCCCC[n+]2ccccc2)=Nc2cc3ccccc3cc2N=C1)c1ccccc1OCCCC[n+]1ccccc1. The van der Waals surface area contributed by atoms with Gasteiger partial charge in [0.25, 0.3) is 0 Å². The van der Waals surface area contributed by atoms with E-state index in [2.05, 4.69) is 14.5 Å². The molecule has 10 nitrogen and oxygen atoms in total. The van der Waals surface area contributed by atoms with Gasteiger partial charge in [-0.1, -0.05) is 91.0 Å². The summed E-state index contributed by atoms with van der Waals surface area (Å²) in [4.78, 5) is 39.6. The number of rotatable bonds is 16. The first kappa shape index (κ1) is 44.7. The molecule has 10 heteroatoms. The second kappa shape index (κ2) is 22.1. The molecule has 0 atom stereocenters. The van der Waals surface area contributed by atoms with Gasteiger partial charge in [-0.05, 0) is 82.9 Å². The predicted molar refractivity (Wildman–Crippen MR) is 271 cm³/mol. The van der Waals surface area contributed by atoms with Gasteiger partial charge in [0.1, 0.15) is 30.3 Å². The van der Waals surface area contributed by atoms with Crippen LogP contribution in [-0.2, 0) is 13.1 Å². The lowest BCUT2D eigenvalue weighted by Gasteiger charge is -2.23. The van der Waals surface area contributed by atoms with Crippen LogP contribution in [0.2, 0.25) is 0 Å². The van der Waals surface area contributed by atoms with E-state index in [9.17, 15) is 9.59 Å². The van der Waals surface area contributed by atoms with Crippen molar-refractivity contribution in [2.24, 2.45) is 9.98 Å². The van der Waals surface area contributed by atoms with Crippen molar-refractivity contribution in [2.45, 2.75) is 38.8 Å². The highest BCUT2D eigenvalue weighted by Gasteiger charge is 2.20. The quantitative estimate of drug-likeness (QED) is 0.0590. The van der Waals surface area contributed by atoms with E-state index >= 15 is 0 Å². The van der Waals surface area contributed by atoms with Crippen LogP contribution in [0.25, 0.3) is 26.9 Å². The molecule has 0 unspecified atom stereocenters. The summed E-state index contributed by atoms with van der Waals surface area (Å²) in [6.45, 7) is 2.62. The van der Waals surface area contributed by atoms with E-state index in [0.29, 0.717) is 58.6 Å². The first-order valence-electron chi connectivity index (χ1n) is 23.0. The first-order valence-corrected chi connectivity index (χ1v) is 23.0. The molecule has 1 aliphatic heterocycles. The normalized spacial score (nSPS) is 12.4. The molecule has 2 aromatic heterocycles. The molecule has 68 heavy (non-hydrogen) atoms. The fourth-order valence-electron chi connectivity index (χ4n) is 7.97. The fraction of sp³-hybridized carbons (Fsp3) is 0.138. The van der Waals surface area contributed by atoms with E-state index in [1.54, 1.807) is 30.6 Å². The van der Waals surface area contributed by atoms with Crippen LogP contribution in [0.1, 0.15) is 46.4 Å². The predicted octanol–water partition coefficient (Wildman–Crippen LogP) is 12.4. The minimum Gasteiger partial charge on any atom is -0.662 e. The van der Waals surface area contributed by atoms with Crippen LogP contribution in [0, 0.1) is 0 Å². The monoisotopic (exact) mass is 895 g/mol. The number of aryl methyl sites for hydroxylation is 2. The molecule has 9 rings (SSSR count). The number of nitrogens with one attached hydrogen (secondary N) is 1. The number of ether oxygens (including phenoxy) is 2. The van der Waals surface area contributed by atoms with Crippen LogP contribution in [0.15, 0.2) is 217 Å². The van der Waals surface area contributed by atoms with Crippen molar-refractivity contribution in [3.05, 3.63) is 223 Å². The Balaban J connectivity index is 1.07. The van der Waals surface area contributed by atoms with E-state index in [-0.39, 0.29) is 22.9 Å². The van der Waals surface area contributed by atoms with Crippen LogP contribution in [0.4, 0.5) is 22.7 Å². The Labute approximate surface area is 396 Å². The van der Waals surface area contributed by atoms with Gasteiger partial charge in [0, 0.05) is 60.8 Å².